The minimum atomic E-state index is -2.88. The maximum atomic E-state index is 11.5. The maximum absolute atomic E-state index is 11.5. The predicted molar refractivity (Wildman–Crippen MR) is 69.1 cm³/mol. The van der Waals surface area contributed by atoms with Gasteiger partial charge in [-0.25, -0.2) is 18.4 Å². The maximum Gasteiger partial charge on any atom is 0.152 e. The lowest BCUT2D eigenvalue weighted by molar-refractivity contribution is 0.561. The highest BCUT2D eigenvalue weighted by Crippen LogP contribution is 2.18. The zero-order chi connectivity index (χ0) is 12.3. The van der Waals surface area contributed by atoms with E-state index in [9.17, 15) is 8.42 Å². The molecule has 1 aromatic rings. The van der Waals surface area contributed by atoms with Gasteiger partial charge in [0.2, 0.25) is 0 Å². The van der Waals surface area contributed by atoms with Gasteiger partial charge in [0, 0.05) is 12.1 Å². The molecule has 1 saturated heterocycles. The van der Waals surface area contributed by atoms with Crippen LogP contribution in [0.2, 0.25) is 0 Å². The lowest BCUT2D eigenvalue weighted by Crippen LogP contribution is -2.35. The van der Waals surface area contributed by atoms with Gasteiger partial charge in [-0.3, -0.25) is 0 Å². The van der Waals surface area contributed by atoms with Crippen molar-refractivity contribution in [3.05, 3.63) is 12.4 Å². The molecule has 2 heterocycles. The Labute approximate surface area is 105 Å². The quantitative estimate of drug-likeness (QED) is 0.659. The SMILES string of the molecule is CSc1cc(NC2CCCS(=O)(=O)C2)ncn1. The fourth-order valence-electron chi connectivity index (χ4n) is 1.88. The third kappa shape index (κ3) is 3.57. The van der Waals surface area contributed by atoms with Crippen molar-refractivity contribution in [1.82, 2.24) is 9.97 Å². The Bertz CT molecular complexity index is 490. The molecule has 1 aliphatic heterocycles. The number of rotatable bonds is 3. The highest BCUT2D eigenvalue weighted by atomic mass is 32.2. The standard InChI is InChI=1S/C10H15N3O2S2/c1-16-10-5-9(11-7-12-10)13-8-3-2-4-17(14,15)6-8/h5,7-8H,2-4,6H2,1H3,(H,11,12,13). The summed E-state index contributed by atoms with van der Waals surface area (Å²) in [4.78, 5) is 8.17. The Kier molecular flexibility index (Phi) is 3.88. The first-order valence-electron chi connectivity index (χ1n) is 5.42. The first-order chi connectivity index (χ1) is 8.09. The molecule has 1 N–H and O–H groups in total. The summed E-state index contributed by atoms with van der Waals surface area (Å²) in [5, 5.41) is 4.04. The third-order valence-electron chi connectivity index (χ3n) is 2.67. The van der Waals surface area contributed by atoms with Crippen molar-refractivity contribution >= 4 is 27.4 Å². The molecule has 0 aromatic carbocycles. The summed E-state index contributed by atoms with van der Waals surface area (Å²) in [7, 11) is -2.88. The summed E-state index contributed by atoms with van der Waals surface area (Å²) < 4.78 is 23.0. The second kappa shape index (κ2) is 5.22. The van der Waals surface area contributed by atoms with Crippen LogP contribution in [0.4, 0.5) is 5.82 Å². The van der Waals surface area contributed by atoms with Gasteiger partial charge in [-0.05, 0) is 19.1 Å². The molecule has 0 bridgehead atoms. The van der Waals surface area contributed by atoms with Crippen LogP contribution in [-0.4, -0.2) is 42.2 Å². The van der Waals surface area contributed by atoms with E-state index in [0.717, 1.165) is 17.9 Å². The van der Waals surface area contributed by atoms with E-state index in [1.54, 1.807) is 0 Å². The van der Waals surface area contributed by atoms with Crippen LogP contribution < -0.4 is 5.32 Å². The third-order valence-corrected chi connectivity index (χ3v) is 5.13. The number of anilines is 1. The molecule has 0 spiro atoms. The largest absolute Gasteiger partial charge is 0.366 e. The summed E-state index contributed by atoms with van der Waals surface area (Å²) in [6.45, 7) is 0. The number of sulfone groups is 1. The van der Waals surface area contributed by atoms with Gasteiger partial charge in [0.25, 0.3) is 0 Å². The zero-order valence-electron chi connectivity index (χ0n) is 9.59. The van der Waals surface area contributed by atoms with Gasteiger partial charge in [0.15, 0.2) is 9.84 Å². The first-order valence-corrected chi connectivity index (χ1v) is 8.47. The molecular formula is C10H15N3O2S2. The van der Waals surface area contributed by atoms with E-state index >= 15 is 0 Å². The number of aromatic nitrogens is 2. The van der Waals surface area contributed by atoms with Crippen LogP contribution in [0.1, 0.15) is 12.8 Å². The van der Waals surface area contributed by atoms with Crippen LogP contribution in [-0.2, 0) is 9.84 Å². The minimum Gasteiger partial charge on any atom is -0.366 e. The lowest BCUT2D eigenvalue weighted by atomic mass is 10.2. The molecule has 5 nitrogen and oxygen atoms in total. The summed E-state index contributed by atoms with van der Waals surface area (Å²) >= 11 is 1.54. The Morgan fingerprint density at radius 2 is 2.29 bits per heavy atom. The number of hydrogen-bond donors (Lipinski definition) is 1. The Hall–Kier alpha value is -0.820. The van der Waals surface area contributed by atoms with E-state index in [-0.39, 0.29) is 11.8 Å². The van der Waals surface area contributed by atoms with Gasteiger partial charge >= 0.3 is 0 Å². The van der Waals surface area contributed by atoms with Crippen LogP contribution in [0.15, 0.2) is 17.4 Å². The highest BCUT2D eigenvalue weighted by Gasteiger charge is 2.24. The minimum absolute atomic E-state index is 0.0293. The topological polar surface area (TPSA) is 72.0 Å². The van der Waals surface area contributed by atoms with Crippen LogP contribution in [0.5, 0.6) is 0 Å². The second-order valence-electron chi connectivity index (χ2n) is 4.04. The van der Waals surface area contributed by atoms with Crippen molar-refractivity contribution in [2.24, 2.45) is 0 Å². The Balaban J connectivity index is 2.05. The van der Waals surface area contributed by atoms with E-state index in [1.807, 2.05) is 12.3 Å². The van der Waals surface area contributed by atoms with Crippen LogP contribution >= 0.6 is 11.8 Å². The fraction of sp³-hybridized carbons (Fsp3) is 0.600. The van der Waals surface area contributed by atoms with Gasteiger partial charge in [-0.1, -0.05) is 0 Å². The number of nitrogens with zero attached hydrogens (tertiary/aromatic N) is 2. The molecule has 1 unspecified atom stereocenters. The summed E-state index contributed by atoms with van der Waals surface area (Å²) in [5.41, 5.74) is 0. The first kappa shape index (κ1) is 12.6. The van der Waals surface area contributed by atoms with Crippen molar-refractivity contribution in [1.29, 1.82) is 0 Å². The van der Waals surface area contributed by atoms with Gasteiger partial charge in [-0.15, -0.1) is 11.8 Å². The second-order valence-corrected chi connectivity index (χ2v) is 7.10. The van der Waals surface area contributed by atoms with Gasteiger partial charge in [0.05, 0.1) is 11.5 Å². The van der Waals surface area contributed by atoms with E-state index in [0.29, 0.717) is 11.6 Å². The molecule has 0 aliphatic carbocycles. The Morgan fingerprint density at radius 1 is 1.47 bits per heavy atom. The van der Waals surface area contributed by atoms with Crippen molar-refractivity contribution in [3.8, 4) is 0 Å². The smallest absolute Gasteiger partial charge is 0.152 e. The van der Waals surface area contributed by atoms with E-state index in [2.05, 4.69) is 15.3 Å². The molecule has 1 aromatic heterocycles. The molecule has 94 valence electrons. The van der Waals surface area contributed by atoms with E-state index in [1.165, 1.54) is 18.1 Å². The molecular weight excluding hydrogens is 258 g/mol. The van der Waals surface area contributed by atoms with Crippen LogP contribution in [0, 0.1) is 0 Å². The molecule has 1 fully saturated rings. The monoisotopic (exact) mass is 273 g/mol. The molecule has 2 rings (SSSR count). The average Bonchev–Trinajstić information content (AvgIpc) is 2.28. The summed E-state index contributed by atoms with van der Waals surface area (Å²) in [5.74, 6) is 1.21. The number of thioether (sulfide) groups is 1. The van der Waals surface area contributed by atoms with Crippen LogP contribution in [0.3, 0.4) is 0 Å². The van der Waals surface area contributed by atoms with E-state index < -0.39 is 9.84 Å². The molecule has 17 heavy (non-hydrogen) atoms. The van der Waals surface area contributed by atoms with Crippen LogP contribution in [0.25, 0.3) is 0 Å². The molecule has 7 heteroatoms. The highest BCUT2D eigenvalue weighted by molar-refractivity contribution is 7.98. The lowest BCUT2D eigenvalue weighted by Gasteiger charge is -2.23. The molecule has 1 aliphatic rings. The van der Waals surface area contributed by atoms with Gasteiger partial charge in [-0.2, -0.15) is 0 Å². The normalized spacial score (nSPS) is 23.2. The zero-order valence-corrected chi connectivity index (χ0v) is 11.2. The summed E-state index contributed by atoms with van der Waals surface area (Å²) in [6.07, 6.45) is 5.03. The summed E-state index contributed by atoms with van der Waals surface area (Å²) in [6, 6.07) is 1.81. The average molecular weight is 273 g/mol. The van der Waals surface area contributed by atoms with Crippen molar-refractivity contribution < 1.29 is 8.42 Å². The van der Waals surface area contributed by atoms with E-state index in [4.69, 9.17) is 0 Å². The van der Waals surface area contributed by atoms with Crippen molar-refractivity contribution in [2.45, 2.75) is 23.9 Å². The van der Waals surface area contributed by atoms with Gasteiger partial charge in [0.1, 0.15) is 17.2 Å². The number of nitrogens with one attached hydrogen (secondary N) is 1. The molecule has 0 saturated carbocycles. The van der Waals surface area contributed by atoms with Crippen molar-refractivity contribution in [3.63, 3.8) is 0 Å². The Morgan fingerprint density at radius 3 is 3.00 bits per heavy atom. The molecule has 0 radical (unpaired) electrons. The predicted octanol–water partition coefficient (Wildman–Crippen LogP) is 1.19. The number of hydrogen-bond acceptors (Lipinski definition) is 6. The molecule has 1 atom stereocenters. The van der Waals surface area contributed by atoms with Gasteiger partial charge < -0.3 is 5.32 Å². The van der Waals surface area contributed by atoms with Crippen molar-refractivity contribution in [2.75, 3.05) is 23.1 Å². The molecule has 0 amide bonds. The fourth-order valence-corrected chi connectivity index (χ4v) is 3.89.